The van der Waals surface area contributed by atoms with Crippen LogP contribution in [0.5, 0.6) is 0 Å². The van der Waals surface area contributed by atoms with Crippen molar-refractivity contribution in [1.29, 1.82) is 0 Å². The zero-order chi connectivity index (χ0) is 14.0. The summed E-state index contributed by atoms with van der Waals surface area (Å²) >= 11 is 0. The Labute approximate surface area is 121 Å². The molecular formula is C15H22N2O2S. The monoisotopic (exact) mass is 294 g/mol. The Morgan fingerprint density at radius 2 is 1.95 bits per heavy atom. The first-order valence-electron chi connectivity index (χ1n) is 7.46. The summed E-state index contributed by atoms with van der Waals surface area (Å²) < 4.78 is 27.1. The van der Waals surface area contributed by atoms with Crippen LogP contribution in [-0.2, 0) is 16.4 Å². The Balaban J connectivity index is 1.81. The van der Waals surface area contributed by atoms with Crippen molar-refractivity contribution < 1.29 is 8.42 Å². The summed E-state index contributed by atoms with van der Waals surface area (Å²) in [6.07, 6.45) is 3.83. The zero-order valence-electron chi connectivity index (χ0n) is 11.7. The molecule has 1 aromatic carbocycles. The van der Waals surface area contributed by atoms with E-state index in [4.69, 9.17) is 0 Å². The molecule has 0 aliphatic carbocycles. The molecule has 5 heteroatoms. The van der Waals surface area contributed by atoms with Crippen LogP contribution in [0.2, 0.25) is 0 Å². The number of para-hydroxylation sites is 1. The lowest BCUT2D eigenvalue weighted by Gasteiger charge is -2.32. The number of hydrogen-bond donors (Lipinski definition) is 1. The zero-order valence-corrected chi connectivity index (χ0v) is 12.5. The highest BCUT2D eigenvalue weighted by Gasteiger charge is 2.30. The maximum Gasteiger partial charge on any atom is 0.235 e. The first-order valence-corrected chi connectivity index (χ1v) is 9.07. The minimum Gasteiger partial charge on any atom is -0.317 e. The van der Waals surface area contributed by atoms with E-state index < -0.39 is 10.0 Å². The van der Waals surface area contributed by atoms with Crippen LogP contribution in [-0.4, -0.2) is 33.8 Å². The van der Waals surface area contributed by atoms with Crippen molar-refractivity contribution >= 4 is 15.7 Å². The number of hydrogen-bond acceptors (Lipinski definition) is 3. The number of anilines is 1. The second-order valence-electron chi connectivity index (χ2n) is 5.78. The van der Waals surface area contributed by atoms with Gasteiger partial charge in [-0.05, 0) is 56.3 Å². The van der Waals surface area contributed by atoms with Crippen LogP contribution >= 0.6 is 0 Å². The van der Waals surface area contributed by atoms with Gasteiger partial charge in [0.1, 0.15) is 0 Å². The molecule has 0 aromatic heterocycles. The van der Waals surface area contributed by atoms with Crippen LogP contribution in [0.25, 0.3) is 0 Å². The van der Waals surface area contributed by atoms with E-state index in [1.54, 1.807) is 4.31 Å². The molecule has 0 radical (unpaired) electrons. The summed E-state index contributed by atoms with van der Waals surface area (Å²) in [6.45, 7) is 2.51. The van der Waals surface area contributed by atoms with Gasteiger partial charge in [0.05, 0.1) is 11.4 Å². The first-order chi connectivity index (χ1) is 9.67. The van der Waals surface area contributed by atoms with Crippen molar-refractivity contribution in [3.8, 4) is 0 Å². The number of nitrogens with one attached hydrogen (secondary N) is 1. The number of sulfonamides is 1. The molecule has 4 nitrogen and oxygen atoms in total. The summed E-state index contributed by atoms with van der Waals surface area (Å²) in [7, 11) is -3.19. The van der Waals surface area contributed by atoms with E-state index in [1.807, 2.05) is 24.3 Å². The van der Waals surface area contributed by atoms with Crippen LogP contribution < -0.4 is 9.62 Å². The maximum absolute atomic E-state index is 12.7. The predicted octanol–water partition coefficient (Wildman–Crippen LogP) is 1.77. The molecule has 0 spiro atoms. The Hall–Kier alpha value is -1.07. The van der Waals surface area contributed by atoms with E-state index in [1.165, 1.54) is 0 Å². The highest BCUT2D eigenvalue weighted by Crippen LogP contribution is 2.30. The third-order valence-corrected chi connectivity index (χ3v) is 6.25. The Kier molecular flexibility index (Phi) is 3.98. The largest absolute Gasteiger partial charge is 0.317 e. The molecule has 110 valence electrons. The van der Waals surface area contributed by atoms with Crippen molar-refractivity contribution in [2.24, 2.45) is 5.92 Å². The van der Waals surface area contributed by atoms with Gasteiger partial charge in [0, 0.05) is 6.54 Å². The van der Waals surface area contributed by atoms with Gasteiger partial charge in [0.25, 0.3) is 0 Å². The number of nitrogens with zero attached hydrogens (tertiary/aromatic N) is 1. The fourth-order valence-electron chi connectivity index (χ4n) is 3.22. The summed E-state index contributed by atoms with van der Waals surface area (Å²) in [5.74, 6) is 0.596. The molecule has 0 saturated carbocycles. The number of fused-ring (bicyclic) bond motifs is 1. The number of piperidine rings is 1. The van der Waals surface area contributed by atoms with Crippen molar-refractivity contribution in [2.75, 3.05) is 29.7 Å². The number of aryl methyl sites for hydroxylation is 1. The third kappa shape index (κ3) is 2.83. The standard InChI is InChI=1S/C15H22N2O2S/c18-20(19,12-13-7-9-16-10-8-13)17-11-3-5-14-4-1-2-6-15(14)17/h1-2,4,6,13,16H,3,5,7-12H2. The van der Waals surface area contributed by atoms with E-state index in [0.29, 0.717) is 18.2 Å². The Morgan fingerprint density at radius 3 is 2.75 bits per heavy atom. The lowest BCUT2D eigenvalue weighted by molar-refractivity contribution is 0.401. The van der Waals surface area contributed by atoms with Gasteiger partial charge >= 0.3 is 0 Å². The van der Waals surface area contributed by atoms with Gasteiger partial charge in [0.2, 0.25) is 10.0 Å². The number of rotatable bonds is 3. The van der Waals surface area contributed by atoms with Crippen molar-refractivity contribution in [3.05, 3.63) is 29.8 Å². The van der Waals surface area contributed by atoms with Crippen LogP contribution in [0.3, 0.4) is 0 Å². The summed E-state index contributed by atoms with van der Waals surface area (Å²) in [6, 6.07) is 7.90. The second-order valence-corrected chi connectivity index (χ2v) is 7.71. The van der Waals surface area contributed by atoms with Crippen LogP contribution in [0.1, 0.15) is 24.8 Å². The molecule has 20 heavy (non-hydrogen) atoms. The molecule has 1 aromatic rings. The van der Waals surface area contributed by atoms with Crippen molar-refractivity contribution in [3.63, 3.8) is 0 Å². The lowest BCUT2D eigenvalue weighted by Crippen LogP contribution is -2.40. The molecule has 0 bridgehead atoms. The first kappa shape index (κ1) is 13.9. The predicted molar refractivity (Wildman–Crippen MR) is 81.5 cm³/mol. The van der Waals surface area contributed by atoms with Crippen molar-refractivity contribution in [1.82, 2.24) is 5.32 Å². The minimum absolute atomic E-state index is 0.295. The second kappa shape index (κ2) is 5.74. The average molecular weight is 294 g/mol. The summed E-state index contributed by atoms with van der Waals surface area (Å²) in [5, 5.41) is 3.29. The van der Waals surface area contributed by atoms with Crippen LogP contribution in [0.15, 0.2) is 24.3 Å². The van der Waals surface area contributed by atoms with Gasteiger partial charge in [-0.15, -0.1) is 0 Å². The molecule has 2 heterocycles. The molecule has 1 saturated heterocycles. The van der Waals surface area contributed by atoms with E-state index in [9.17, 15) is 8.42 Å². The van der Waals surface area contributed by atoms with E-state index in [2.05, 4.69) is 5.32 Å². The van der Waals surface area contributed by atoms with Crippen molar-refractivity contribution in [2.45, 2.75) is 25.7 Å². The molecule has 2 aliphatic heterocycles. The Morgan fingerprint density at radius 1 is 1.20 bits per heavy atom. The molecular weight excluding hydrogens is 272 g/mol. The van der Waals surface area contributed by atoms with Gasteiger partial charge in [-0.3, -0.25) is 4.31 Å². The minimum atomic E-state index is -3.19. The Bertz CT molecular complexity index is 565. The maximum atomic E-state index is 12.7. The lowest BCUT2D eigenvalue weighted by atomic mass is 10.0. The fraction of sp³-hybridized carbons (Fsp3) is 0.600. The molecule has 0 atom stereocenters. The SMILES string of the molecule is O=S(=O)(CC1CCNCC1)N1CCCc2ccccc21. The highest BCUT2D eigenvalue weighted by molar-refractivity contribution is 7.92. The van der Waals surface area contributed by atoms with Gasteiger partial charge in [-0.25, -0.2) is 8.42 Å². The van der Waals surface area contributed by atoms with E-state index >= 15 is 0 Å². The van der Waals surface area contributed by atoms with E-state index in [-0.39, 0.29) is 0 Å². The van der Waals surface area contributed by atoms with Gasteiger partial charge in [0.15, 0.2) is 0 Å². The molecule has 1 N–H and O–H groups in total. The smallest absolute Gasteiger partial charge is 0.235 e. The summed E-state index contributed by atoms with van der Waals surface area (Å²) in [4.78, 5) is 0. The fourth-order valence-corrected chi connectivity index (χ4v) is 5.22. The molecule has 0 amide bonds. The van der Waals surface area contributed by atoms with Gasteiger partial charge in [-0.1, -0.05) is 18.2 Å². The molecule has 2 aliphatic rings. The third-order valence-electron chi connectivity index (χ3n) is 4.31. The van der Waals surface area contributed by atoms with Gasteiger partial charge in [-0.2, -0.15) is 0 Å². The normalized spacial score (nSPS) is 20.7. The highest BCUT2D eigenvalue weighted by atomic mass is 32.2. The van der Waals surface area contributed by atoms with E-state index in [0.717, 1.165) is 50.0 Å². The molecule has 1 fully saturated rings. The number of benzene rings is 1. The average Bonchev–Trinajstić information content (AvgIpc) is 2.47. The van der Waals surface area contributed by atoms with Crippen LogP contribution in [0.4, 0.5) is 5.69 Å². The molecule has 3 rings (SSSR count). The van der Waals surface area contributed by atoms with Gasteiger partial charge < -0.3 is 5.32 Å². The summed E-state index contributed by atoms with van der Waals surface area (Å²) in [5.41, 5.74) is 2.06. The van der Waals surface area contributed by atoms with Crippen LogP contribution in [0, 0.1) is 5.92 Å². The quantitative estimate of drug-likeness (QED) is 0.924. The molecule has 0 unspecified atom stereocenters. The topological polar surface area (TPSA) is 49.4 Å².